The third-order valence-corrected chi connectivity index (χ3v) is 5.06. The molecule has 0 radical (unpaired) electrons. The molecule has 1 heterocycles. The minimum atomic E-state index is -0.168. The molecule has 0 saturated carbocycles. The summed E-state index contributed by atoms with van der Waals surface area (Å²) >= 11 is 0. The number of hydrogen-bond donors (Lipinski definition) is 0. The minimum Gasteiger partial charge on any atom is -0.490 e. The van der Waals surface area contributed by atoms with Crippen LogP contribution in [-0.4, -0.2) is 25.0 Å². The average molecular weight is 427 g/mol. The highest BCUT2D eigenvalue weighted by molar-refractivity contribution is 6.33. The van der Waals surface area contributed by atoms with Crippen molar-refractivity contribution in [2.24, 2.45) is 4.99 Å². The maximum atomic E-state index is 13.4. The van der Waals surface area contributed by atoms with Gasteiger partial charge in [-0.2, -0.15) is 0 Å². The zero-order chi connectivity index (χ0) is 22.5. The smallest absolute Gasteiger partial charge is 0.282 e. The zero-order valence-corrected chi connectivity index (χ0v) is 18.5. The first-order chi connectivity index (χ1) is 15.6. The second-order valence-corrected chi connectivity index (χ2v) is 7.38. The lowest BCUT2D eigenvalue weighted by atomic mass is 10.1. The topological polar surface area (TPSA) is 51.1 Å². The van der Waals surface area contributed by atoms with Crippen LogP contribution in [0.15, 0.2) is 83.5 Å². The number of para-hydroxylation sites is 1. The number of aliphatic imine (C=N–C) groups is 1. The van der Waals surface area contributed by atoms with Crippen molar-refractivity contribution in [3.05, 3.63) is 95.2 Å². The zero-order valence-electron chi connectivity index (χ0n) is 18.5. The first-order valence-corrected chi connectivity index (χ1v) is 10.8. The molecule has 1 aliphatic heterocycles. The summed E-state index contributed by atoms with van der Waals surface area (Å²) in [5, 5.41) is 0. The Morgan fingerprint density at radius 3 is 2.25 bits per heavy atom. The van der Waals surface area contributed by atoms with Gasteiger partial charge in [0.1, 0.15) is 11.5 Å². The SMILES string of the molecule is CCOc1ccc(C=C2N=C(c3ccc(C)cc3)N(c3ccccc3)C2=O)cc1OCC. The highest BCUT2D eigenvalue weighted by atomic mass is 16.5. The second-order valence-electron chi connectivity index (χ2n) is 7.38. The van der Waals surface area contributed by atoms with Gasteiger partial charge in [-0.1, -0.05) is 54.1 Å². The van der Waals surface area contributed by atoms with Crippen molar-refractivity contribution < 1.29 is 14.3 Å². The van der Waals surface area contributed by atoms with Gasteiger partial charge in [-0.15, -0.1) is 0 Å². The van der Waals surface area contributed by atoms with Crippen molar-refractivity contribution in [2.75, 3.05) is 18.1 Å². The molecule has 1 amide bonds. The van der Waals surface area contributed by atoms with Crippen molar-refractivity contribution in [1.82, 2.24) is 0 Å². The maximum absolute atomic E-state index is 13.4. The first-order valence-electron chi connectivity index (χ1n) is 10.8. The number of ether oxygens (including phenoxy) is 2. The summed E-state index contributed by atoms with van der Waals surface area (Å²) in [6.07, 6.45) is 1.79. The number of rotatable bonds is 7. The molecular weight excluding hydrogens is 400 g/mol. The fourth-order valence-corrected chi connectivity index (χ4v) is 3.54. The molecule has 5 heteroatoms. The Morgan fingerprint density at radius 1 is 0.875 bits per heavy atom. The number of nitrogens with zero attached hydrogens (tertiary/aromatic N) is 2. The number of benzene rings is 3. The summed E-state index contributed by atoms with van der Waals surface area (Å²) in [4.78, 5) is 19.8. The molecule has 4 rings (SSSR count). The van der Waals surface area contributed by atoms with Crippen LogP contribution in [0.5, 0.6) is 11.5 Å². The van der Waals surface area contributed by atoms with Crippen LogP contribution in [0.4, 0.5) is 5.69 Å². The van der Waals surface area contributed by atoms with Crippen molar-refractivity contribution in [3.63, 3.8) is 0 Å². The molecule has 5 nitrogen and oxygen atoms in total. The van der Waals surface area contributed by atoms with E-state index in [-0.39, 0.29) is 5.91 Å². The normalized spacial score (nSPS) is 14.6. The van der Waals surface area contributed by atoms with Gasteiger partial charge in [0.05, 0.1) is 18.9 Å². The summed E-state index contributed by atoms with van der Waals surface area (Å²) in [5.41, 5.74) is 4.01. The average Bonchev–Trinajstić information content (AvgIpc) is 3.13. The Morgan fingerprint density at radius 2 is 1.56 bits per heavy atom. The van der Waals surface area contributed by atoms with Crippen molar-refractivity contribution in [2.45, 2.75) is 20.8 Å². The van der Waals surface area contributed by atoms with Crippen LogP contribution in [0.3, 0.4) is 0 Å². The Labute approximate surface area is 188 Å². The van der Waals surface area contributed by atoms with Crippen LogP contribution >= 0.6 is 0 Å². The maximum Gasteiger partial charge on any atom is 0.282 e. The Kier molecular flexibility index (Phi) is 6.36. The molecule has 0 spiro atoms. The molecule has 1 aliphatic rings. The van der Waals surface area contributed by atoms with Crippen LogP contribution < -0.4 is 14.4 Å². The molecule has 32 heavy (non-hydrogen) atoms. The summed E-state index contributed by atoms with van der Waals surface area (Å²) in [7, 11) is 0. The van der Waals surface area contributed by atoms with E-state index in [1.54, 1.807) is 11.0 Å². The molecule has 3 aromatic carbocycles. The van der Waals surface area contributed by atoms with Crippen LogP contribution in [0.2, 0.25) is 0 Å². The lowest BCUT2D eigenvalue weighted by molar-refractivity contribution is -0.113. The first kappa shape index (κ1) is 21.4. The highest BCUT2D eigenvalue weighted by Gasteiger charge is 2.32. The van der Waals surface area contributed by atoms with Gasteiger partial charge < -0.3 is 9.47 Å². The molecule has 0 atom stereocenters. The van der Waals surface area contributed by atoms with Gasteiger partial charge in [-0.25, -0.2) is 4.99 Å². The van der Waals surface area contributed by atoms with E-state index in [2.05, 4.69) is 0 Å². The summed E-state index contributed by atoms with van der Waals surface area (Å²) in [6, 6.07) is 23.2. The van der Waals surface area contributed by atoms with E-state index in [0.717, 1.165) is 22.4 Å². The molecule has 0 unspecified atom stereocenters. The van der Waals surface area contributed by atoms with Crippen molar-refractivity contribution in [3.8, 4) is 11.5 Å². The molecule has 0 N–H and O–H groups in total. The van der Waals surface area contributed by atoms with Gasteiger partial charge >= 0.3 is 0 Å². The quantitative estimate of drug-likeness (QED) is 0.460. The number of aryl methyl sites for hydroxylation is 1. The van der Waals surface area contributed by atoms with Crippen molar-refractivity contribution in [1.29, 1.82) is 0 Å². The molecule has 0 bridgehead atoms. The van der Waals surface area contributed by atoms with E-state index in [4.69, 9.17) is 14.5 Å². The monoisotopic (exact) mass is 426 g/mol. The number of amidine groups is 1. The van der Waals surface area contributed by atoms with Gasteiger partial charge in [0, 0.05) is 5.56 Å². The van der Waals surface area contributed by atoms with Gasteiger partial charge in [0.2, 0.25) is 0 Å². The van der Waals surface area contributed by atoms with Crippen LogP contribution in [-0.2, 0) is 4.79 Å². The molecule has 3 aromatic rings. The van der Waals surface area contributed by atoms with E-state index >= 15 is 0 Å². The lowest BCUT2D eigenvalue weighted by Gasteiger charge is -2.18. The summed E-state index contributed by atoms with van der Waals surface area (Å²) in [6.45, 7) is 6.97. The summed E-state index contributed by atoms with van der Waals surface area (Å²) in [5.74, 6) is 1.78. The van der Waals surface area contributed by atoms with Gasteiger partial charge in [-0.05, 0) is 56.7 Å². The number of carbonyl (C=O) groups excluding carboxylic acids is 1. The Bertz CT molecular complexity index is 1170. The molecule has 0 fully saturated rings. The van der Waals surface area contributed by atoms with Gasteiger partial charge in [0.25, 0.3) is 5.91 Å². The predicted molar refractivity (Wildman–Crippen MR) is 128 cm³/mol. The molecule has 0 saturated heterocycles. The fourth-order valence-electron chi connectivity index (χ4n) is 3.54. The van der Waals surface area contributed by atoms with Gasteiger partial charge in [0.15, 0.2) is 11.5 Å². The molecule has 162 valence electrons. The van der Waals surface area contributed by atoms with Crippen LogP contribution in [0.1, 0.15) is 30.5 Å². The molecular formula is C27H26N2O3. The van der Waals surface area contributed by atoms with Crippen LogP contribution in [0, 0.1) is 6.92 Å². The van der Waals surface area contributed by atoms with E-state index in [0.29, 0.717) is 36.2 Å². The molecule has 0 aliphatic carbocycles. The number of hydrogen-bond acceptors (Lipinski definition) is 4. The third kappa shape index (κ3) is 4.42. The van der Waals surface area contributed by atoms with E-state index in [9.17, 15) is 4.79 Å². The van der Waals surface area contributed by atoms with Crippen molar-refractivity contribution >= 4 is 23.5 Å². The van der Waals surface area contributed by atoms with E-state index in [1.165, 1.54) is 0 Å². The lowest BCUT2D eigenvalue weighted by Crippen LogP contribution is -2.32. The highest BCUT2D eigenvalue weighted by Crippen LogP contribution is 2.32. The largest absolute Gasteiger partial charge is 0.490 e. The molecule has 0 aromatic heterocycles. The number of carbonyl (C=O) groups is 1. The third-order valence-electron chi connectivity index (χ3n) is 5.06. The second kappa shape index (κ2) is 9.52. The van der Waals surface area contributed by atoms with E-state index in [1.807, 2.05) is 93.6 Å². The number of amides is 1. The van der Waals surface area contributed by atoms with E-state index < -0.39 is 0 Å². The Hall–Kier alpha value is -3.86. The standard InChI is InChI=1S/C27H26N2O3/c1-4-31-24-16-13-20(18-25(24)32-5-2)17-23-27(30)29(22-9-7-6-8-10-22)26(28-23)21-14-11-19(3)12-15-21/h6-18H,4-5H2,1-3H3. The number of anilines is 1. The fraction of sp³-hybridized carbons (Fsp3) is 0.185. The predicted octanol–water partition coefficient (Wildman–Crippen LogP) is 5.63. The summed E-state index contributed by atoms with van der Waals surface area (Å²) < 4.78 is 11.4. The van der Waals surface area contributed by atoms with Crippen LogP contribution in [0.25, 0.3) is 6.08 Å². The Balaban J connectivity index is 1.77. The van der Waals surface area contributed by atoms with Gasteiger partial charge in [-0.3, -0.25) is 9.69 Å². The minimum absolute atomic E-state index is 0.168.